The van der Waals surface area contributed by atoms with Gasteiger partial charge in [-0.1, -0.05) is 51.5 Å². The first kappa shape index (κ1) is 33.3. The van der Waals surface area contributed by atoms with Gasteiger partial charge in [0.1, 0.15) is 11.6 Å². The number of aliphatic imine (C=N–C) groups is 1. The van der Waals surface area contributed by atoms with Crippen molar-refractivity contribution in [3.05, 3.63) is 59.5 Å². The van der Waals surface area contributed by atoms with Gasteiger partial charge in [-0.2, -0.15) is 4.99 Å². The minimum absolute atomic E-state index is 0.316. The lowest BCUT2D eigenvalue weighted by molar-refractivity contribution is 0.229. The van der Waals surface area contributed by atoms with Gasteiger partial charge in [0, 0.05) is 55.4 Å². The molecule has 0 aliphatic carbocycles. The van der Waals surface area contributed by atoms with Gasteiger partial charge in [0.2, 0.25) is 5.88 Å². The maximum absolute atomic E-state index is 10.5. The number of hydrogen-bond acceptors (Lipinski definition) is 6. The number of unbranched alkanes of at least 4 members (excludes halogenated alkanes) is 1. The molecule has 4 aliphatic heterocycles. The third kappa shape index (κ3) is 8.42. The van der Waals surface area contributed by atoms with E-state index < -0.39 is 0 Å². The number of fused-ring (bicyclic) bond motifs is 3. The van der Waals surface area contributed by atoms with Crippen molar-refractivity contribution in [1.29, 1.82) is 0 Å². The zero-order chi connectivity index (χ0) is 31.9. The number of amidine groups is 1. The maximum Gasteiger partial charge on any atom is 0.210 e. The molecule has 1 unspecified atom stereocenters. The normalized spacial score (nSPS) is 26.5. The molecular weight excluding hydrogens is 558 g/mol. The van der Waals surface area contributed by atoms with Gasteiger partial charge in [-0.25, -0.2) is 0 Å². The Labute approximate surface area is 272 Å². The Kier molecular flexibility index (Phi) is 11.5. The lowest BCUT2D eigenvalue weighted by atomic mass is 9.89. The van der Waals surface area contributed by atoms with Crippen LogP contribution in [0.2, 0.25) is 0 Å². The van der Waals surface area contributed by atoms with E-state index in [1.807, 2.05) is 18.2 Å². The van der Waals surface area contributed by atoms with Crippen LogP contribution in [0.4, 0.5) is 5.69 Å². The number of nitrogens with zero attached hydrogens (tertiary/aromatic N) is 4. The number of phenolic OH excluding ortho intramolecular Hbond substituents is 1. The van der Waals surface area contributed by atoms with Gasteiger partial charge >= 0.3 is 0 Å². The van der Waals surface area contributed by atoms with E-state index in [-0.39, 0.29) is 0 Å². The van der Waals surface area contributed by atoms with E-state index >= 15 is 0 Å². The molecule has 3 saturated heterocycles. The van der Waals surface area contributed by atoms with Crippen LogP contribution in [0.5, 0.6) is 5.75 Å². The molecule has 6 rings (SSSR count). The maximum atomic E-state index is 10.5. The van der Waals surface area contributed by atoms with Crippen molar-refractivity contribution in [2.75, 3.05) is 58.3 Å². The van der Waals surface area contributed by atoms with Crippen molar-refractivity contribution in [3.63, 3.8) is 0 Å². The summed E-state index contributed by atoms with van der Waals surface area (Å²) in [6, 6.07) is 13.1. The van der Waals surface area contributed by atoms with E-state index in [4.69, 9.17) is 9.73 Å². The average Bonchev–Trinajstić information content (AvgIpc) is 3.48. The molecule has 246 valence electrons. The third-order valence-electron chi connectivity index (χ3n) is 10.3. The van der Waals surface area contributed by atoms with Crippen molar-refractivity contribution in [2.24, 2.45) is 16.8 Å². The van der Waals surface area contributed by atoms with Crippen LogP contribution in [0.1, 0.15) is 72.6 Å². The summed E-state index contributed by atoms with van der Waals surface area (Å²) in [5, 5.41) is 16.6. The number of benzene rings is 2. The van der Waals surface area contributed by atoms with Gasteiger partial charge in [0.05, 0.1) is 7.11 Å². The van der Waals surface area contributed by atoms with Crippen LogP contribution in [0.25, 0.3) is 10.8 Å². The Morgan fingerprint density at radius 2 is 1.73 bits per heavy atom. The highest BCUT2D eigenvalue weighted by molar-refractivity contribution is 6.01. The third-order valence-corrected chi connectivity index (χ3v) is 10.3. The molecule has 2 N–H and O–H groups in total. The lowest BCUT2D eigenvalue weighted by Gasteiger charge is -2.42. The largest absolute Gasteiger partial charge is 0.508 e. The van der Waals surface area contributed by atoms with E-state index in [0.29, 0.717) is 17.8 Å². The summed E-state index contributed by atoms with van der Waals surface area (Å²) in [5.41, 5.74) is 3.77. The number of hydrogen-bond donors (Lipinski definition) is 2. The SMILES string of the molecule is CCC/C=C(/N=C(\C1=C(C)CN(c2cc(O)cc3ccccc23)CC1)N1C[C@H]2C[C@H](C)C(C)C[C@@H](C1)N2)OC.CN1CCCC1. The number of allylic oxidation sites excluding steroid dienone is 1. The van der Waals surface area contributed by atoms with Gasteiger partial charge in [-0.05, 0) is 106 Å². The summed E-state index contributed by atoms with van der Waals surface area (Å²) in [4.78, 5) is 12.5. The zero-order valence-corrected chi connectivity index (χ0v) is 28.7. The van der Waals surface area contributed by atoms with Crippen LogP contribution in [-0.2, 0) is 4.74 Å². The number of aromatic hydroxyl groups is 1. The first-order valence-electron chi connectivity index (χ1n) is 17.4. The van der Waals surface area contributed by atoms with E-state index in [0.717, 1.165) is 80.1 Å². The number of phenols is 1. The highest BCUT2D eigenvalue weighted by Gasteiger charge is 2.36. The van der Waals surface area contributed by atoms with E-state index in [1.54, 1.807) is 7.11 Å². The van der Waals surface area contributed by atoms with E-state index in [1.165, 1.54) is 55.3 Å². The summed E-state index contributed by atoms with van der Waals surface area (Å²) >= 11 is 0. The molecular formula is C38H57N5O2. The minimum Gasteiger partial charge on any atom is -0.508 e. The fourth-order valence-electron chi connectivity index (χ4n) is 7.58. The smallest absolute Gasteiger partial charge is 0.210 e. The number of anilines is 1. The van der Waals surface area contributed by atoms with Gasteiger partial charge in [-0.15, -0.1) is 0 Å². The number of piperazine rings is 1. The Morgan fingerprint density at radius 1 is 1.04 bits per heavy atom. The predicted octanol–water partition coefficient (Wildman–Crippen LogP) is 7.18. The molecule has 4 aliphatic rings. The molecule has 2 aromatic rings. The number of rotatable bonds is 6. The monoisotopic (exact) mass is 615 g/mol. The molecule has 4 heterocycles. The highest BCUT2D eigenvalue weighted by Crippen LogP contribution is 2.35. The minimum atomic E-state index is 0.316. The molecule has 0 saturated carbocycles. The first-order chi connectivity index (χ1) is 21.7. The highest BCUT2D eigenvalue weighted by atomic mass is 16.5. The summed E-state index contributed by atoms with van der Waals surface area (Å²) in [7, 11) is 3.91. The van der Waals surface area contributed by atoms with Crippen molar-refractivity contribution in [2.45, 2.75) is 84.7 Å². The number of likely N-dealkylation sites (tertiary alicyclic amines) is 1. The van der Waals surface area contributed by atoms with Crippen LogP contribution in [-0.4, -0.2) is 86.3 Å². The van der Waals surface area contributed by atoms with Gasteiger partial charge in [-0.3, -0.25) is 0 Å². The van der Waals surface area contributed by atoms with E-state index in [9.17, 15) is 5.11 Å². The van der Waals surface area contributed by atoms with Crippen LogP contribution in [0, 0.1) is 11.8 Å². The summed E-state index contributed by atoms with van der Waals surface area (Å²) in [6.07, 6.45) is 10.3. The second kappa shape index (κ2) is 15.5. The van der Waals surface area contributed by atoms with Gasteiger partial charge < -0.3 is 29.9 Å². The van der Waals surface area contributed by atoms with Crippen LogP contribution >= 0.6 is 0 Å². The zero-order valence-electron chi connectivity index (χ0n) is 28.7. The molecule has 2 aromatic carbocycles. The van der Waals surface area contributed by atoms with Crippen molar-refractivity contribution in [3.8, 4) is 5.75 Å². The van der Waals surface area contributed by atoms with Crippen molar-refractivity contribution in [1.82, 2.24) is 15.1 Å². The molecule has 7 heteroatoms. The standard InChI is InChI=1S/C33H46N4O2.C5H11N/c1-6-7-12-32(39-5)35-33(37-20-26-15-22(2)23(3)16-27(21-37)34-26)29-13-14-36(19-24(29)4)31-18-28(38)17-25-10-8-9-11-30(25)31;1-6-4-2-3-5-6/h8-12,17-18,22-23,26-27,34,38H,6-7,13-16,19-21H2,1-5H3;2-5H2,1H3/b32-12-,35-33+;/t22-,23?,26+,27-;/m0./s1. The van der Waals surface area contributed by atoms with Crippen LogP contribution in [0.15, 0.2) is 64.5 Å². The first-order valence-corrected chi connectivity index (χ1v) is 17.4. The fourth-order valence-corrected chi connectivity index (χ4v) is 7.58. The second-order valence-electron chi connectivity index (χ2n) is 14.0. The number of nitrogens with one attached hydrogen (secondary N) is 1. The molecule has 0 aromatic heterocycles. The van der Waals surface area contributed by atoms with Crippen molar-refractivity contribution >= 4 is 22.3 Å². The van der Waals surface area contributed by atoms with Crippen LogP contribution in [0.3, 0.4) is 0 Å². The van der Waals surface area contributed by atoms with Gasteiger partial charge in [0.25, 0.3) is 0 Å². The molecule has 7 nitrogen and oxygen atoms in total. The Balaban J connectivity index is 0.000000598. The lowest BCUT2D eigenvalue weighted by Crippen LogP contribution is -2.57. The van der Waals surface area contributed by atoms with E-state index in [2.05, 4.69) is 79.0 Å². The molecule has 0 amide bonds. The predicted molar refractivity (Wildman–Crippen MR) is 189 cm³/mol. The molecule has 0 radical (unpaired) electrons. The Morgan fingerprint density at radius 3 is 2.33 bits per heavy atom. The van der Waals surface area contributed by atoms with Crippen molar-refractivity contribution < 1.29 is 9.84 Å². The molecule has 0 spiro atoms. The fraction of sp³-hybridized carbons (Fsp3) is 0.605. The summed E-state index contributed by atoms with van der Waals surface area (Å²) in [6.45, 7) is 15.6. The molecule has 3 fully saturated rings. The Hall–Kier alpha value is -3.03. The quantitative estimate of drug-likeness (QED) is 0.204. The van der Waals surface area contributed by atoms with Gasteiger partial charge in [0.15, 0.2) is 0 Å². The number of ether oxygens (including phenoxy) is 1. The second-order valence-corrected chi connectivity index (χ2v) is 14.0. The number of methoxy groups -OCH3 is 1. The average molecular weight is 616 g/mol. The summed E-state index contributed by atoms with van der Waals surface area (Å²) in [5.74, 6) is 3.59. The van der Waals surface area contributed by atoms with Crippen LogP contribution < -0.4 is 10.2 Å². The molecule has 4 atom stereocenters. The molecule has 45 heavy (non-hydrogen) atoms. The molecule has 2 bridgehead atoms. The Bertz CT molecular complexity index is 1360. The summed E-state index contributed by atoms with van der Waals surface area (Å²) < 4.78 is 5.77. The topological polar surface area (TPSA) is 63.6 Å².